The molecule has 0 aliphatic heterocycles. The maximum absolute atomic E-state index is 12.5. The second-order valence-corrected chi connectivity index (χ2v) is 6.94. The van der Waals surface area contributed by atoms with Crippen LogP contribution in [0, 0.1) is 0 Å². The van der Waals surface area contributed by atoms with Gasteiger partial charge in [-0.05, 0) is 62.4 Å². The fourth-order valence-electron chi connectivity index (χ4n) is 3.75. The quantitative estimate of drug-likeness (QED) is 0.835. The van der Waals surface area contributed by atoms with E-state index in [1.54, 1.807) is 6.26 Å². The molecule has 0 saturated heterocycles. The van der Waals surface area contributed by atoms with Gasteiger partial charge in [0.25, 0.3) is 0 Å². The first kappa shape index (κ1) is 17.7. The molecule has 1 heterocycles. The minimum Gasteiger partial charge on any atom is -0.467 e. The van der Waals surface area contributed by atoms with Gasteiger partial charge in [-0.25, -0.2) is 0 Å². The van der Waals surface area contributed by atoms with Gasteiger partial charge in [0, 0.05) is 6.04 Å². The Hall–Kier alpha value is -2.07. The molecule has 1 amide bonds. The lowest BCUT2D eigenvalue weighted by Crippen LogP contribution is -2.46. The maximum Gasteiger partial charge on any atom is 0.234 e. The van der Waals surface area contributed by atoms with E-state index in [-0.39, 0.29) is 11.9 Å². The predicted molar refractivity (Wildman–Crippen MR) is 99.4 cm³/mol. The van der Waals surface area contributed by atoms with Gasteiger partial charge in [-0.3, -0.25) is 9.69 Å². The minimum absolute atomic E-state index is 0.0659. The lowest BCUT2D eigenvalue weighted by atomic mass is 9.87. The summed E-state index contributed by atoms with van der Waals surface area (Å²) in [5.74, 6) is 0.859. The lowest BCUT2D eigenvalue weighted by molar-refractivity contribution is -0.123. The van der Waals surface area contributed by atoms with E-state index in [2.05, 4.69) is 41.4 Å². The first-order valence-corrected chi connectivity index (χ1v) is 9.31. The molecule has 1 aromatic carbocycles. The highest BCUT2D eigenvalue weighted by molar-refractivity contribution is 5.78. The number of carbonyl (C=O) groups is 1. The normalized spacial score (nSPS) is 18.0. The summed E-state index contributed by atoms with van der Waals surface area (Å²) in [5.41, 5.74) is 2.90. The Balaban J connectivity index is 1.60. The van der Waals surface area contributed by atoms with E-state index in [4.69, 9.17) is 4.42 Å². The number of hydrogen-bond acceptors (Lipinski definition) is 3. The molecular weight excluding hydrogens is 312 g/mol. The van der Waals surface area contributed by atoms with Gasteiger partial charge in [0.1, 0.15) is 5.76 Å². The van der Waals surface area contributed by atoms with Gasteiger partial charge in [0.05, 0.1) is 18.8 Å². The average molecular weight is 340 g/mol. The van der Waals surface area contributed by atoms with Crippen LogP contribution in [0.1, 0.15) is 49.6 Å². The third kappa shape index (κ3) is 4.51. The molecule has 0 bridgehead atoms. The smallest absolute Gasteiger partial charge is 0.234 e. The molecule has 134 valence electrons. The lowest BCUT2D eigenvalue weighted by Gasteiger charge is -2.34. The van der Waals surface area contributed by atoms with Crippen LogP contribution < -0.4 is 5.32 Å². The van der Waals surface area contributed by atoms with Crippen LogP contribution in [0.4, 0.5) is 0 Å². The summed E-state index contributed by atoms with van der Waals surface area (Å²) >= 11 is 0. The number of hydrogen-bond donors (Lipinski definition) is 1. The third-order valence-electron chi connectivity index (χ3n) is 5.04. The summed E-state index contributed by atoms with van der Waals surface area (Å²) in [7, 11) is 0. The molecule has 0 saturated carbocycles. The Morgan fingerprint density at radius 2 is 2.08 bits per heavy atom. The molecule has 2 unspecified atom stereocenters. The highest BCUT2D eigenvalue weighted by atomic mass is 16.3. The van der Waals surface area contributed by atoms with Gasteiger partial charge in [-0.1, -0.05) is 31.2 Å². The van der Waals surface area contributed by atoms with Crippen molar-refractivity contribution in [1.29, 1.82) is 0 Å². The van der Waals surface area contributed by atoms with Crippen LogP contribution in [0.25, 0.3) is 0 Å². The van der Waals surface area contributed by atoms with Crippen molar-refractivity contribution in [3.63, 3.8) is 0 Å². The number of benzene rings is 1. The Morgan fingerprint density at radius 1 is 1.28 bits per heavy atom. The molecule has 0 radical (unpaired) electrons. The van der Waals surface area contributed by atoms with Crippen molar-refractivity contribution < 1.29 is 9.21 Å². The molecule has 2 aromatic rings. The number of fused-ring (bicyclic) bond motifs is 1. The number of nitrogens with zero attached hydrogens (tertiary/aromatic N) is 1. The maximum atomic E-state index is 12.5. The molecule has 1 aromatic heterocycles. The number of rotatable bonds is 7. The Bertz CT molecular complexity index is 681. The second kappa shape index (κ2) is 8.34. The van der Waals surface area contributed by atoms with Crippen molar-refractivity contribution in [3.05, 3.63) is 59.5 Å². The van der Waals surface area contributed by atoms with Crippen LogP contribution in [0.2, 0.25) is 0 Å². The van der Waals surface area contributed by atoms with Crippen molar-refractivity contribution in [2.24, 2.45) is 0 Å². The number of nitrogens with one attached hydrogen (secondary N) is 1. The van der Waals surface area contributed by atoms with E-state index < -0.39 is 0 Å². The molecule has 1 N–H and O–H groups in total. The van der Waals surface area contributed by atoms with Crippen LogP contribution in [0.15, 0.2) is 47.1 Å². The second-order valence-electron chi connectivity index (χ2n) is 6.94. The van der Waals surface area contributed by atoms with Gasteiger partial charge in [0.15, 0.2) is 0 Å². The molecule has 3 rings (SSSR count). The minimum atomic E-state index is -0.0990. The van der Waals surface area contributed by atoms with Crippen molar-refractivity contribution in [2.45, 2.75) is 51.6 Å². The predicted octanol–water partition coefficient (Wildman–Crippen LogP) is 3.73. The molecular formula is C21H28N2O2. The molecule has 2 atom stereocenters. The molecule has 4 heteroatoms. The molecule has 4 nitrogen and oxygen atoms in total. The molecule has 0 spiro atoms. The highest BCUT2D eigenvalue weighted by Crippen LogP contribution is 2.24. The first-order chi connectivity index (χ1) is 12.2. The van der Waals surface area contributed by atoms with Gasteiger partial charge in [-0.2, -0.15) is 0 Å². The van der Waals surface area contributed by atoms with Crippen molar-refractivity contribution in [1.82, 2.24) is 10.2 Å². The first-order valence-electron chi connectivity index (χ1n) is 9.31. The van der Waals surface area contributed by atoms with Gasteiger partial charge in [0.2, 0.25) is 5.91 Å². The van der Waals surface area contributed by atoms with Crippen LogP contribution in [0.5, 0.6) is 0 Å². The van der Waals surface area contributed by atoms with E-state index in [9.17, 15) is 4.79 Å². The number of amides is 1. The summed E-state index contributed by atoms with van der Waals surface area (Å²) < 4.78 is 5.38. The van der Waals surface area contributed by atoms with E-state index in [1.165, 1.54) is 11.1 Å². The summed E-state index contributed by atoms with van der Waals surface area (Å²) in [4.78, 5) is 14.9. The third-order valence-corrected chi connectivity index (χ3v) is 5.04. The summed E-state index contributed by atoms with van der Waals surface area (Å²) in [6, 6.07) is 12.8. The Morgan fingerprint density at radius 3 is 2.80 bits per heavy atom. The molecule has 1 aliphatic rings. The molecule has 25 heavy (non-hydrogen) atoms. The fraction of sp³-hybridized carbons (Fsp3) is 0.476. The largest absolute Gasteiger partial charge is 0.467 e. The fourth-order valence-corrected chi connectivity index (χ4v) is 3.75. The van der Waals surface area contributed by atoms with Crippen LogP contribution in [-0.4, -0.2) is 29.9 Å². The standard InChI is InChI=1S/C21H28N2O2/c1-3-12-23(15-21(24)22-16(2)20-9-6-13-25-20)19-11-10-17-7-4-5-8-18(17)14-19/h4-9,13,16,19H,3,10-12,14-15H2,1-2H3,(H,22,24). The van der Waals surface area contributed by atoms with Gasteiger partial charge in [-0.15, -0.1) is 0 Å². The summed E-state index contributed by atoms with van der Waals surface area (Å²) in [6.45, 7) is 5.53. The van der Waals surface area contributed by atoms with E-state index in [1.807, 2.05) is 19.1 Å². The van der Waals surface area contributed by atoms with Gasteiger partial charge < -0.3 is 9.73 Å². The Labute approximate surface area is 150 Å². The number of carbonyl (C=O) groups excluding carboxylic acids is 1. The Kier molecular flexibility index (Phi) is 5.92. The topological polar surface area (TPSA) is 45.5 Å². The monoisotopic (exact) mass is 340 g/mol. The highest BCUT2D eigenvalue weighted by Gasteiger charge is 2.25. The summed E-state index contributed by atoms with van der Waals surface area (Å²) in [5, 5.41) is 3.06. The molecule has 0 fully saturated rings. The summed E-state index contributed by atoms with van der Waals surface area (Å²) in [6.07, 6.45) is 5.96. The van der Waals surface area contributed by atoms with E-state index in [0.29, 0.717) is 12.6 Å². The molecule has 1 aliphatic carbocycles. The van der Waals surface area contributed by atoms with Crippen molar-refractivity contribution >= 4 is 5.91 Å². The number of furan rings is 1. The van der Waals surface area contributed by atoms with Crippen LogP contribution in [0.3, 0.4) is 0 Å². The number of aryl methyl sites for hydroxylation is 1. The van der Waals surface area contributed by atoms with E-state index >= 15 is 0 Å². The van der Waals surface area contributed by atoms with Crippen LogP contribution >= 0.6 is 0 Å². The zero-order chi connectivity index (χ0) is 17.6. The SMILES string of the molecule is CCCN(CC(=O)NC(C)c1ccco1)C1CCc2ccccc2C1. The zero-order valence-corrected chi connectivity index (χ0v) is 15.2. The zero-order valence-electron chi connectivity index (χ0n) is 15.2. The van der Waals surface area contributed by atoms with Crippen LogP contribution in [-0.2, 0) is 17.6 Å². The van der Waals surface area contributed by atoms with E-state index in [0.717, 1.165) is 38.0 Å². The average Bonchev–Trinajstić information content (AvgIpc) is 3.16. The van der Waals surface area contributed by atoms with Crippen molar-refractivity contribution in [2.75, 3.05) is 13.1 Å². The van der Waals surface area contributed by atoms with Gasteiger partial charge >= 0.3 is 0 Å². The van der Waals surface area contributed by atoms with Crippen molar-refractivity contribution in [3.8, 4) is 0 Å².